The minimum Gasteiger partial charge on any atom is -0.495 e. The van der Waals surface area contributed by atoms with Crippen LogP contribution in [0.4, 0.5) is 5.69 Å². The Bertz CT molecular complexity index is 509. The number of hydrogen-bond acceptors (Lipinski definition) is 4. The van der Waals surface area contributed by atoms with Gasteiger partial charge in [0.2, 0.25) is 0 Å². The molecule has 1 heterocycles. The number of anilines is 1. The Morgan fingerprint density at radius 2 is 2.09 bits per heavy atom. The van der Waals surface area contributed by atoms with E-state index in [1.165, 1.54) is 0 Å². The third kappa shape index (κ3) is 4.37. The molecule has 1 aromatic carbocycles. The number of rotatable bonds is 5. The molecule has 0 bridgehead atoms. The first-order chi connectivity index (χ1) is 10.5. The molecule has 3 N–H and O–H groups in total. The molecule has 0 aliphatic carbocycles. The van der Waals surface area contributed by atoms with E-state index in [0.717, 1.165) is 32.5 Å². The Morgan fingerprint density at radius 1 is 1.41 bits per heavy atom. The first-order valence-electron chi connectivity index (χ1n) is 7.96. The van der Waals surface area contributed by atoms with Gasteiger partial charge in [0, 0.05) is 31.2 Å². The Balaban J connectivity index is 1.88. The van der Waals surface area contributed by atoms with Crippen molar-refractivity contribution in [1.29, 1.82) is 0 Å². The molecule has 0 saturated carbocycles. The molecule has 1 aliphatic heterocycles. The van der Waals surface area contributed by atoms with Gasteiger partial charge in [0.1, 0.15) is 5.75 Å². The lowest BCUT2D eigenvalue weighted by Crippen LogP contribution is -2.45. The molecule has 5 heteroatoms. The lowest BCUT2D eigenvalue weighted by atomic mass is 10.0. The van der Waals surface area contributed by atoms with Gasteiger partial charge in [-0.15, -0.1) is 0 Å². The summed E-state index contributed by atoms with van der Waals surface area (Å²) in [4.78, 5) is 14.8. The first-order valence-corrected chi connectivity index (χ1v) is 7.96. The molecule has 1 aliphatic rings. The Labute approximate surface area is 132 Å². The van der Waals surface area contributed by atoms with E-state index in [1.807, 2.05) is 0 Å². The number of ether oxygens (including phenoxy) is 1. The van der Waals surface area contributed by atoms with Crippen molar-refractivity contribution in [2.45, 2.75) is 32.7 Å². The summed E-state index contributed by atoms with van der Waals surface area (Å²) < 4.78 is 5.17. The summed E-state index contributed by atoms with van der Waals surface area (Å²) >= 11 is 0. The van der Waals surface area contributed by atoms with Gasteiger partial charge in [0.25, 0.3) is 5.91 Å². The van der Waals surface area contributed by atoms with Crippen LogP contribution >= 0.6 is 0 Å². The minimum atomic E-state index is -0.0550. The molecule has 0 spiro atoms. The summed E-state index contributed by atoms with van der Waals surface area (Å²) in [5, 5.41) is 3.12. The predicted octanol–water partition coefficient (Wildman–Crippen LogP) is 2.13. The van der Waals surface area contributed by atoms with E-state index in [2.05, 4.69) is 24.1 Å². The van der Waals surface area contributed by atoms with E-state index in [4.69, 9.17) is 10.5 Å². The molecular formula is C17H27N3O2. The van der Waals surface area contributed by atoms with Gasteiger partial charge in [0.15, 0.2) is 0 Å². The molecule has 0 radical (unpaired) electrons. The van der Waals surface area contributed by atoms with Crippen LogP contribution in [0.25, 0.3) is 0 Å². The summed E-state index contributed by atoms with van der Waals surface area (Å²) in [5.74, 6) is 1.17. The number of piperidine rings is 1. The lowest BCUT2D eigenvalue weighted by molar-refractivity contribution is 0.0907. The zero-order valence-corrected chi connectivity index (χ0v) is 13.8. The Morgan fingerprint density at radius 3 is 2.68 bits per heavy atom. The topological polar surface area (TPSA) is 67.6 Å². The summed E-state index contributed by atoms with van der Waals surface area (Å²) in [6, 6.07) is 5.39. The number of benzene rings is 1. The Hall–Kier alpha value is -1.75. The third-order valence-corrected chi connectivity index (χ3v) is 4.04. The zero-order chi connectivity index (χ0) is 16.1. The molecule has 5 nitrogen and oxygen atoms in total. The molecular weight excluding hydrogens is 278 g/mol. The second-order valence-electron chi connectivity index (χ2n) is 6.40. The lowest BCUT2D eigenvalue weighted by Gasteiger charge is -2.33. The van der Waals surface area contributed by atoms with Crippen molar-refractivity contribution < 1.29 is 9.53 Å². The van der Waals surface area contributed by atoms with Crippen LogP contribution in [0.5, 0.6) is 5.75 Å². The highest BCUT2D eigenvalue weighted by Gasteiger charge is 2.21. The smallest absolute Gasteiger partial charge is 0.251 e. The molecule has 1 amide bonds. The second kappa shape index (κ2) is 7.49. The molecule has 22 heavy (non-hydrogen) atoms. The van der Waals surface area contributed by atoms with Crippen molar-refractivity contribution >= 4 is 11.6 Å². The van der Waals surface area contributed by atoms with Gasteiger partial charge in [-0.1, -0.05) is 13.8 Å². The number of methoxy groups -OCH3 is 1. The van der Waals surface area contributed by atoms with E-state index in [0.29, 0.717) is 22.9 Å². The third-order valence-electron chi connectivity index (χ3n) is 4.04. The zero-order valence-electron chi connectivity index (χ0n) is 13.8. The highest BCUT2D eigenvalue weighted by Crippen LogP contribution is 2.22. The fourth-order valence-electron chi connectivity index (χ4n) is 2.90. The number of nitrogens with zero attached hydrogens (tertiary/aromatic N) is 1. The normalized spacial score (nSPS) is 16.7. The summed E-state index contributed by atoms with van der Waals surface area (Å²) in [7, 11) is 1.55. The maximum absolute atomic E-state index is 12.3. The van der Waals surface area contributed by atoms with Gasteiger partial charge in [-0.2, -0.15) is 0 Å². The van der Waals surface area contributed by atoms with Gasteiger partial charge >= 0.3 is 0 Å². The maximum atomic E-state index is 12.3. The average Bonchev–Trinajstić information content (AvgIpc) is 2.49. The predicted molar refractivity (Wildman–Crippen MR) is 89.2 cm³/mol. The number of likely N-dealkylation sites (tertiary alicyclic amines) is 1. The largest absolute Gasteiger partial charge is 0.495 e. The van der Waals surface area contributed by atoms with E-state index in [9.17, 15) is 4.79 Å². The van der Waals surface area contributed by atoms with Crippen LogP contribution < -0.4 is 15.8 Å². The quantitative estimate of drug-likeness (QED) is 0.818. The standard InChI is InChI=1S/C17H27N3O2/c1-12(2)11-20-8-6-14(7-9-20)19-17(21)13-4-5-15(18)16(10-13)22-3/h4-5,10,12,14H,6-9,11,18H2,1-3H3,(H,19,21). The molecule has 2 rings (SSSR count). The molecule has 0 atom stereocenters. The van der Waals surface area contributed by atoms with Crippen molar-refractivity contribution in [3.63, 3.8) is 0 Å². The number of amides is 1. The number of nitrogens with two attached hydrogens (primary N) is 1. The first kappa shape index (κ1) is 16.6. The van der Waals surface area contributed by atoms with Crippen LogP contribution in [0.1, 0.15) is 37.0 Å². The number of hydrogen-bond donors (Lipinski definition) is 2. The molecule has 122 valence electrons. The van der Waals surface area contributed by atoms with Gasteiger partial charge in [-0.25, -0.2) is 0 Å². The average molecular weight is 305 g/mol. The number of carbonyl (C=O) groups excluding carboxylic acids is 1. The van der Waals surface area contributed by atoms with Gasteiger partial charge in [-0.05, 0) is 37.0 Å². The molecule has 0 aromatic heterocycles. The van der Waals surface area contributed by atoms with E-state index >= 15 is 0 Å². The fourth-order valence-corrected chi connectivity index (χ4v) is 2.90. The van der Waals surface area contributed by atoms with E-state index < -0.39 is 0 Å². The van der Waals surface area contributed by atoms with Crippen LogP contribution in [0, 0.1) is 5.92 Å². The number of nitrogens with one attached hydrogen (secondary N) is 1. The van der Waals surface area contributed by atoms with Gasteiger partial charge < -0.3 is 20.7 Å². The number of nitrogen functional groups attached to an aromatic ring is 1. The maximum Gasteiger partial charge on any atom is 0.251 e. The summed E-state index contributed by atoms with van der Waals surface area (Å²) in [6.45, 7) is 7.71. The van der Waals surface area contributed by atoms with Crippen molar-refractivity contribution in [3.8, 4) is 5.75 Å². The van der Waals surface area contributed by atoms with Crippen LogP contribution in [0.15, 0.2) is 18.2 Å². The van der Waals surface area contributed by atoms with Crippen molar-refractivity contribution in [2.24, 2.45) is 5.92 Å². The highest BCUT2D eigenvalue weighted by atomic mass is 16.5. The number of carbonyl (C=O) groups is 1. The molecule has 1 aromatic rings. The van der Waals surface area contributed by atoms with E-state index in [-0.39, 0.29) is 11.9 Å². The monoisotopic (exact) mass is 305 g/mol. The van der Waals surface area contributed by atoms with Crippen LogP contribution in [0.2, 0.25) is 0 Å². The van der Waals surface area contributed by atoms with Crippen molar-refractivity contribution in [1.82, 2.24) is 10.2 Å². The van der Waals surface area contributed by atoms with Gasteiger partial charge in [0.05, 0.1) is 12.8 Å². The van der Waals surface area contributed by atoms with E-state index in [1.54, 1.807) is 25.3 Å². The van der Waals surface area contributed by atoms with Gasteiger partial charge in [-0.3, -0.25) is 4.79 Å². The Kier molecular flexibility index (Phi) is 5.66. The molecule has 0 unspecified atom stereocenters. The molecule has 1 fully saturated rings. The minimum absolute atomic E-state index is 0.0550. The van der Waals surface area contributed by atoms with Crippen LogP contribution in [0.3, 0.4) is 0 Å². The van der Waals surface area contributed by atoms with Crippen molar-refractivity contribution in [3.05, 3.63) is 23.8 Å². The van der Waals surface area contributed by atoms with Crippen LogP contribution in [-0.2, 0) is 0 Å². The SMILES string of the molecule is COc1cc(C(=O)NC2CCN(CC(C)C)CC2)ccc1N. The second-order valence-corrected chi connectivity index (χ2v) is 6.40. The highest BCUT2D eigenvalue weighted by molar-refractivity contribution is 5.95. The summed E-state index contributed by atoms with van der Waals surface area (Å²) in [6.07, 6.45) is 2.01. The van der Waals surface area contributed by atoms with Crippen molar-refractivity contribution in [2.75, 3.05) is 32.5 Å². The summed E-state index contributed by atoms with van der Waals surface area (Å²) in [5.41, 5.74) is 6.91. The fraction of sp³-hybridized carbons (Fsp3) is 0.588. The van der Waals surface area contributed by atoms with Crippen LogP contribution in [-0.4, -0.2) is 43.6 Å². The molecule has 1 saturated heterocycles.